The Bertz CT molecular complexity index is 1190. The molecular weight excluding hydrogens is 426 g/mol. The van der Waals surface area contributed by atoms with Gasteiger partial charge in [0.05, 0.1) is 17.7 Å². The Morgan fingerprint density at radius 2 is 2.00 bits per heavy atom. The van der Waals surface area contributed by atoms with Crippen LogP contribution >= 0.6 is 0 Å². The Hall–Kier alpha value is -2.81. The first-order chi connectivity index (χ1) is 15.4. The van der Waals surface area contributed by atoms with Crippen molar-refractivity contribution in [2.75, 3.05) is 19.7 Å². The molecule has 1 aromatic heterocycles. The van der Waals surface area contributed by atoms with E-state index in [1.165, 1.54) is 6.92 Å². The molecule has 1 N–H and O–H groups in total. The third-order valence-corrected chi connectivity index (χ3v) is 7.22. The van der Waals surface area contributed by atoms with Crippen LogP contribution in [0.4, 0.5) is 0 Å². The fourth-order valence-electron chi connectivity index (χ4n) is 4.04. The van der Waals surface area contributed by atoms with Crippen molar-refractivity contribution in [1.82, 2.24) is 14.6 Å². The van der Waals surface area contributed by atoms with E-state index in [2.05, 4.69) is 14.6 Å². The molecule has 4 rings (SSSR count). The highest BCUT2D eigenvalue weighted by Crippen LogP contribution is 2.24. The van der Waals surface area contributed by atoms with Gasteiger partial charge in [0.2, 0.25) is 10.0 Å². The minimum absolute atomic E-state index is 0.0271. The Kier molecular flexibility index (Phi) is 6.83. The number of fused-ring (bicyclic) bond motifs is 1. The number of Topliss-reactive ketones (excluding diaryl/α,β-unsaturated/α-hetero) is 1. The average molecular weight is 454 g/mol. The van der Waals surface area contributed by atoms with Crippen molar-refractivity contribution in [3.8, 4) is 5.75 Å². The van der Waals surface area contributed by atoms with E-state index < -0.39 is 10.0 Å². The molecule has 0 radical (unpaired) electrons. The van der Waals surface area contributed by atoms with Crippen LogP contribution in [0.3, 0.4) is 0 Å². The Morgan fingerprint density at radius 3 is 2.78 bits per heavy atom. The molecule has 32 heavy (non-hydrogen) atoms. The van der Waals surface area contributed by atoms with E-state index in [1.807, 2.05) is 6.07 Å². The van der Waals surface area contributed by atoms with Crippen molar-refractivity contribution in [3.05, 3.63) is 66.5 Å². The van der Waals surface area contributed by atoms with Gasteiger partial charge in [0.15, 0.2) is 5.78 Å². The molecule has 7 nitrogen and oxygen atoms in total. The molecule has 1 saturated heterocycles. The first-order valence-electron chi connectivity index (χ1n) is 10.8. The lowest BCUT2D eigenvalue weighted by Crippen LogP contribution is -2.44. The standard InChI is InChI=1S/C24H27N3O4S/c1-18(28)19-8-10-21(11-9-19)31-16-4-15-27-14-3-7-24(27)26-32(29,30)23-6-2-5-20-17-25-13-12-22(20)23/h2,5-6,8-13,17,24,26H,3-4,7,14-16H2,1H3. The third-order valence-electron chi connectivity index (χ3n) is 5.70. The number of carbonyl (C=O) groups excluding carboxylic acids is 1. The molecule has 2 aromatic carbocycles. The number of aromatic nitrogens is 1. The van der Waals surface area contributed by atoms with Gasteiger partial charge in [0.1, 0.15) is 5.75 Å². The molecule has 1 aliphatic heterocycles. The van der Waals surface area contributed by atoms with Gasteiger partial charge in [-0.15, -0.1) is 0 Å². The number of sulfonamides is 1. The van der Waals surface area contributed by atoms with Crippen LogP contribution in [-0.2, 0) is 10.0 Å². The van der Waals surface area contributed by atoms with Crippen molar-refractivity contribution in [2.45, 2.75) is 37.2 Å². The predicted molar refractivity (Wildman–Crippen MR) is 123 cm³/mol. The van der Waals surface area contributed by atoms with Gasteiger partial charge >= 0.3 is 0 Å². The quantitative estimate of drug-likeness (QED) is 0.393. The van der Waals surface area contributed by atoms with Crippen LogP contribution in [-0.4, -0.2) is 49.9 Å². The summed E-state index contributed by atoms with van der Waals surface area (Å²) >= 11 is 0. The van der Waals surface area contributed by atoms with Crippen LogP contribution in [0.15, 0.2) is 65.8 Å². The zero-order valence-electron chi connectivity index (χ0n) is 18.0. The summed E-state index contributed by atoms with van der Waals surface area (Å²) < 4.78 is 34.9. The molecule has 1 fully saturated rings. The number of carbonyl (C=O) groups is 1. The second-order valence-corrected chi connectivity index (χ2v) is 9.63. The fourth-order valence-corrected chi connectivity index (χ4v) is 5.53. The van der Waals surface area contributed by atoms with Crippen molar-refractivity contribution in [1.29, 1.82) is 0 Å². The van der Waals surface area contributed by atoms with Crippen LogP contribution in [0, 0.1) is 0 Å². The normalized spacial score (nSPS) is 17.0. The molecule has 8 heteroatoms. The van der Waals surface area contributed by atoms with Gasteiger partial charge in [-0.3, -0.25) is 14.7 Å². The first kappa shape index (κ1) is 22.4. The number of likely N-dealkylation sites (tertiary alicyclic amines) is 1. The van der Waals surface area contributed by atoms with Crippen molar-refractivity contribution in [2.24, 2.45) is 0 Å². The zero-order chi connectivity index (χ0) is 22.6. The Balaban J connectivity index is 1.34. The Labute approximate surface area is 188 Å². The number of hydrogen-bond donors (Lipinski definition) is 1. The van der Waals surface area contributed by atoms with Gasteiger partial charge in [0, 0.05) is 35.3 Å². The molecule has 0 bridgehead atoms. The molecule has 1 aliphatic rings. The highest BCUT2D eigenvalue weighted by Gasteiger charge is 2.29. The van der Waals surface area contributed by atoms with E-state index in [4.69, 9.17) is 4.74 Å². The maximum Gasteiger partial charge on any atom is 0.242 e. The van der Waals surface area contributed by atoms with Crippen LogP contribution in [0.25, 0.3) is 10.8 Å². The number of nitrogens with one attached hydrogen (secondary N) is 1. The molecule has 1 atom stereocenters. The lowest BCUT2D eigenvalue weighted by atomic mass is 10.1. The van der Waals surface area contributed by atoms with Gasteiger partial charge < -0.3 is 4.74 Å². The summed E-state index contributed by atoms with van der Waals surface area (Å²) in [6.07, 6.45) is 5.54. The first-order valence-corrected chi connectivity index (χ1v) is 12.3. The lowest BCUT2D eigenvalue weighted by Gasteiger charge is -2.25. The molecule has 0 spiro atoms. The van der Waals surface area contributed by atoms with Crippen LogP contribution in [0.2, 0.25) is 0 Å². The highest BCUT2D eigenvalue weighted by atomic mass is 32.2. The van der Waals surface area contributed by atoms with E-state index in [9.17, 15) is 13.2 Å². The number of benzene rings is 2. The molecule has 0 amide bonds. The summed E-state index contributed by atoms with van der Waals surface area (Å²) in [6, 6.07) is 14.1. The molecule has 2 heterocycles. The number of rotatable bonds is 9. The summed E-state index contributed by atoms with van der Waals surface area (Å²) in [5.74, 6) is 0.748. The maximum absolute atomic E-state index is 13.1. The van der Waals surface area contributed by atoms with Crippen molar-refractivity contribution < 1.29 is 17.9 Å². The zero-order valence-corrected chi connectivity index (χ0v) is 18.8. The van der Waals surface area contributed by atoms with Gasteiger partial charge in [-0.05, 0) is 69.1 Å². The molecule has 1 unspecified atom stereocenters. The van der Waals surface area contributed by atoms with Crippen molar-refractivity contribution in [3.63, 3.8) is 0 Å². The average Bonchev–Trinajstić information content (AvgIpc) is 3.22. The number of pyridine rings is 1. The summed E-state index contributed by atoms with van der Waals surface area (Å²) in [5, 5.41) is 1.47. The van der Waals surface area contributed by atoms with E-state index in [0.717, 1.165) is 43.5 Å². The van der Waals surface area contributed by atoms with E-state index >= 15 is 0 Å². The van der Waals surface area contributed by atoms with Gasteiger partial charge in [0.25, 0.3) is 0 Å². The highest BCUT2D eigenvalue weighted by molar-refractivity contribution is 7.89. The lowest BCUT2D eigenvalue weighted by molar-refractivity contribution is 0.101. The number of hydrogen-bond acceptors (Lipinski definition) is 6. The molecular formula is C24H27N3O4S. The monoisotopic (exact) mass is 453 g/mol. The second kappa shape index (κ2) is 9.77. The van der Waals surface area contributed by atoms with Crippen molar-refractivity contribution >= 4 is 26.6 Å². The number of ether oxygens (including phenoxy) is 1. The van der Waals surface area contributed by atoms with Gasteiger partial charge in [-0.1, -0.05) is 12.1 Å². The smallest absolute Gasteiger partial charge is 0.242 e. The summed E-state index contributed by atoms with van der Waals surface area (Å²) in [7, 11) is -3.67. The van der Waals surface area contributed by atoms with Crippen LogP contribution < -0.4 is 9.46 Å². The third kappa shape index (κ3) is 5.15. The SMILES string of the molecule is CC(=O)c1ccc(OCCCN2CCCC2NS(=O)(=O)c2cccc3cnccc23)cc1. The minimum atomic E-state index is -3.67. The fraction of sp³-hybridized carbons (Fsp3) is 0.333. The van der Waals surface area contributed by atoms with Crippen LogP contribution in [0.1, 0.15) is 36.5 Å². The van der Waals surface area contributed by atoms with E-state index in [0.29, 0.717) is 17.6 Å². The van der Waals surface area contributed by atoms with Gasteiger partial charge in [-0.2, -0.15) is 4.72 Å². The minimum Gasteiger partial charge on any atom is -0.494 e. The molecule has 168 valence electrons. The predicted octanol–water partition coefficient (Wildman–Crippen LogP) is 3.61. The number of nitrogens with zero attached hydrogens (tertiary/aromatic N) is 2. The second-order valence-electron chi connectivity index (χ2n) is 7.95. The van der Waals surface area contributed by atoms with Gasteiger partial charge in [-0.25, -0.2) is 8.42 Å². The summed E-state index contributed by atoms with van der Waals surface area (Å²) in [4.78, 5) is 17.9. The molecule has 3 aromatic rings. The maximum atomic E-state index is 13.1. The Morgan fingerprint density at radius 1 is 1.19 bits per heavy atom. The molecule has 0 saturated carbocycles. The topological polar surface area (TPSA) is 88.6 Å². The largest absolute Gasteiger partial charge is 0.494 e. The van der Waals surface area contributed by atoms with E-state index in [1.54, 1.807) is 54.9 Å². The van der Waals surface area contributed by atoms with Crippen LogP contribution in [0.5, 0.6) is 5.75 Å². The summed E-state index contributed by atoms with van der Waals surface area (Å²) in [5.41, 5.74) is 0.659. The van der Waals surface area contributed by atoms with E-state index in [-0.39, 0.29) is 16.8 Å². The summed E-state index contributed by atoms with van der Waals surface area (Å²) in [6.45, 7) is 3.64. The number of ketones is 1. The molecule has 0 aliphatic carbocycles.